The van der Waals surface area contributed by atoms with Crippen LogP contribution in [0.15, 0.2) is 22.7 Å². The van der Waals surface area contributed by atoms with Crippen LogP contribution in [-0.4, -0.2) is 46.6 Å². The molecular weight excluding hydrogens is 325 g/mol. The van der Waals surface area contributed by atoms with Crippen LogP contribution < -0.4 is 5.32 Å². The van der Waals surface area contributed by atoms with E-state index in [4.69, 9.17) is 26.9 Å². The first kappa shape index (κ1) is 15.4. The van der Waals surface area contributed by atoms with Gasteiger partial charge in [0.05, 0.1) is 24.8 Å². The van der Waals surface area contributed by atoms with E-state index < -0.39 is 31.3 Å². The molecule has 0 radical (unpaired) electrons. The van der Waals surface area contributed by atoms with Crippen molar-refractivity contribution in [1.82, 2.24) is 5.32 Å². The highest BCUT2D eigenvalue weighted by atomic mass is 79.9. The van der Waals surface area contributed by atoms with Gasteiger partial charge in [-0.1, -0.05) is 11.6 Å². The molecule has 0 saturated heterocycles. The molecule has 0 atom stereocenters. The highest BCUT2D eigenvalue weighted by Gasteiger charge is 2.30. The number of aliphatic hydroxyl groups is 3. The number of halogens is 2. The maximum Gasteiger partial charge on any atom is 0.252 e. The van der Waals surface area contributed by atoms with Gasteiger partial charge in [-0.2, -0.15) is 0 Å². The number of amides is 1. The minimum atomic E-state index is -1.45. The average molecular weight is 339 g/mol. The lowest BCUT2D eigenvalue weighted by atomic mass is 10.0. The fraction of sp³-hybridized carbons (Fsp3) is 0.364. The molecule has 18 heavy (non-hydrogen) atoms. The van der Waals surface area contributed by atoms with Gasteiger partial charge in [0.2, 0.25) is 0 Å². The second-order valence-electron chi connectivity index (χ2n) is 3.84. The molecule has 0 heterocycles. The summed E-state index contributed by atoms with van der Waals surface area (Å²) >= 11 is 9.05. The maximum absolute atomic E-state index is 11.9. The molecule has 0 bridgehead atoms. The number of hydrogen-bond acceptors (Lipinski definition) is 4. The zero-order chi connectivity index (χ0) is 13.8. The van der Waals surface area contributed by atoms with Crippen LogP contribution in [0.1, 0.15) is 10.4 Å². The Labute approximate surface area is 118 Å². The van der Waals surface area contributed by atoms with Crippen molar-refractivity contribution >= 4 is 33.4 Å². The summed E-state index contributed by atoms with van der Waals surface area (Å²) in [5.41, 5.74) is -1.18. The monoisotopic (exact) mass is 337 g/mol. The van der Waals surface area contributed by atoms with E-state index in [2.05, 4.69) is 21.2 Å². The van der Waals surface area contributed by atoms with Gasteiger partial charge in [-0.25, -0.2) is 0 Å². The van der Waals surface area contributed by atoms with Crippen molar-refractivity contribution in [3.63, 3.8) is 0 Å². The molecule has 0 saturated carbocycles. The van der Waals surface area contributed by atoms with Gasteiger partial charge in [0.1, 0.15) is 5.54 Å². The van der Waals surface area contributed by atoms with Gasteiger partial charge in [-0.3, -0.25) is 4.79 Å². The second-order valence-corrected chi connectivity index (χ2v) is 5.10. The quantitative estimate of drug-likeness (QED) is 0.631. The Kier molecular flexibility index (Phi) is 5.55. The maximum atomic E-state index is 11.9. The van der Waals surface area contributed by atoms with E-state index in [1.165, 1.54) is 12.1 Å². The van der Waals surface area contributed by atoms with E-state index in [9.17, 15) is 4.79 Å². The van der Waals surface area contributed by atoms with Crippen LogP contribution in [-0.2, 0) is 0 Å². The smallest absolute Gasteiger partial charge is 0.252 e. The average Bonchev–Trinajstić information content (AvgIpc) is 2.39. The minimum Gasteiger partial charge on any atom is -0.394 e. The molecule has 7 heteroatoms. The van der Waals surface area contributed by atoms with Crippen molar-refractivity contribution < 1.29 is 20.1 Å². The first-order valence-corrected chi connectivity index (χ1v) is 6.25. The van der Waals surface area contributed by atoms with Crippen molar-refractivity contribution in [1.29, 1.82) is 0 Å². The molecular formula is C11H13BrClNO4. The number of benzene rings is 1. The van der Waals surface area contributed by atoms with E-state index in [1.807, 2.05) is 0 Å². The Balaban J connectivity index is 2.90. The standard InChI is InChI=1S/C11H13BrClNO4/c12-8-2-1-7(3-9(8)13)10(18)14-11(4-15,5-16)6-17/h1-3,15-17H,4-6H2,(H,14,18). The van der Waals surface area contributed by atoms with E-state index in [-0.39, 0.29) is 5.56 Å². The summed E-state index contributed by atoms with van der Waals surface area (Å²) in [5.74, 6) is -0.540. The van der Waals surface area contributed by atoms with Crippen LogP contribution in [0.3, 0.4) is 0 Å². The third-order valence-electron chi connectivity index (χ3n) is 2.47. The molecule has 100 valence electrons. The molecule has 0 spiro atoms. The van der Waals surface area contributed by atoms with Crippen molar-refractivity contribution in [3.05, 3.63) is 33.3 Å². The second kappa shape index (κ2) is 6.49. The summed E-state index contributed by atoms with van der Waals surface area (Å²) < 4.78 is 0.651. The lowest BCUT2D eigenvalue weighted by Gasteiger charge is -2.28. The molecule has 0 aliphatic carbocycles. The van der Waals surface area contributed by atoms with Gasteiger partial charge in [0.15, 0.2) is 0 Å². The number of rotatable bonds is 5. The van der Waals surface area contributed by atoms with Crippen molar-refractivity contribution in [2.24, 2.45) is 0 Å². The Morgan fingerprint density at radius 1 is 1.28 bits per heavy atom. The predicted molar refractivity (Wildman–Crippen MR) is 70.6 cm³/mol. The molecule has 0 aliphatic heterocycles. The number of carbonyl (C=O) groups excluding carboxylic acids is 1. The molecule has 4 N–H and O–H groups in total. The van der Waals surface area contributed by atoms with Gasteiger partial charge >= 0.3 is 0 Å². The molecule has 0 fully saturated rings. The van der Waals surface area contributed by atoms with E-state index in [1.54, 1.807) is 6.07 Å². The normalized spacial score (nSPS) is 11.4. The first-order valence-electron chi connectivity index (χ1n) is 5.08. The first-order chi connectivity index (χ1) is 8.48. The van der Waals surface area contributed by atoms with E-state index in [0.29, 0.717) is 9.50 Å². The number of carbonyl (C=O) groups is 1. The third-order valence-corrected chi connectivity index (χ3v) is 3.70. The fourth-order valence-electron chi connectivity index (χ4n) is 1.22. The Morgan fingerprint density at radius 3 is 2.28 bits per heavy atom. The van der Waals surface area contributed by atoms with Crippen LogP contribution >= 0.6 is 27.5 Å². The lowest BCUT2D eigenvalue weighted by molar-refractivity contribution is 0.0375. The van der Waals surface area contributed by atoms with Gasteiger partial charge < -0.3 is 20.6 Å². The summed E-state index contributed by atoms with van der Waals surface area (Å²) in [5, 5.41) is 30.1. The minimum absolute atomic E-state index is 0.267. The van der Waals surface area contributed by atoms with Gasteiger partial charge in [-0.05, 0) is 34.1 Å². The summed E-state index contributed by atoms with van der Waals surface area (Å²) in [6.45, 7) is -1.72. The Bertz CT molecular complexity index is 429. The highest BCUT2D eigenvalue weighted by molar-refractivity contribution is 9.10. The lowest BCUT2D eigenvalue weighted by Crippen LogP contribution is -2.57. The molecule has 0 aliphatic rings. The molecule has 1 aromatic carbocycles. The molecule has 1 aromatic rings. The van der Waals surface area contributed by atoms with Crippen LogP contribution in [0.25, 0.3) is 0 Å². The van der Waals surface area contributed by atoms with Crippen molar-refractivity contribution in [2.75, 3.05) is 19.8 Å². The number of nitrogens with one attached hydrogen (secondary N) is 1. The zero-order valence-corrected chi connectivity index (χ0v) is 11.7. The van der Waals surface area contributed by atoms with E-state index >= 15 is 0 Å². The molecule has 0 aromatic heterocycles. The summed E-state index contributed by atoms with van der Waals surface area (Å²) in [4.78, 5) is 11.9. The highest BCUT2D eigenvalue weighted by Crippen LogP contribution is 2.23. The fourth-order valence-corrected chi connectivity index (χ4v) is 1.65. The topological polar surface area (TPSA) is 89.8 Å². The van der Waals surface area contributed by atoms with Gasteiger partial charge in [0.25, 0.3) is 5.91 Å². The van der Waals surface area contributed by atoms with Crippen molar-refractivity contribution in [2.45, 2.75) is 5.54 Å². The summed E-state index contributed by atoms with van der Waals surface area (Å²) in [6.07, 6.45) is 0. The van der Waals surface area contributed by atoms with Crippen LogP contribution in [0.4, 0.5) is 0 Å². The van der Waals surface area contributed by atoms with Crippen molar-refractivity contribution in [3.8, 4) is 0 Å². The van der Waals surface area contributed by atoms with Crippen LogP contribution in [0, 0.1) is 0 Å². The summed E-state index contributed by atoms with van der Waals surface area (Å²) in [7, 11) is 0. The Hall–Kier alpha value is -0.660. The largest absolute Gasteiger partial charge is 0.394 e. The van der Waals surface area contributed by atoms with Crippen LogP contribution in [0.2, 0.25) is 5.02 Å². The van der Waals surface area contributed by atoms with Gasteiger partial charge in [-0.15, -0.1) is 0 Å². The van der Waals surface area contributed by atoms with Gasteiger partial charge in [0, 0.05) is 10.0 Å². The SMILES string of the molecule is O=C(NC(CO)(CO)CO)c1ccc(Br)c(Cl)c1. The third kappa shape index (κ3) is 3.43. The van der Waals surface area contributed by atoms with Crippen LogP contribution in [0.5, 0.6) is 0 Å². The Morgan fingerprint density at radius 2 is 1.83 bits per heavy atom. The molecule has 1 amide bonds. The van der Waals surface area contributed by atoms with E-state index in [0.717, 1.165) is 0 Å². The molecule has 5 nitrogen and oxygen atoms in total. The predicted octanol–water partition coefficient (Wildman–Crippen LogP) is 0.548. The number of hydrogen-bond donors (Lipinski definition) is 4. The number of aliphatic hydroxyl groups excluding tert-OH is 3. The molecule has 1 rings (SSSR count). The summed E-state index contributed by atoms with van der Waals surface area (Å²) in [6, 6.07) is 4.58. The zero-order valence-electron chi connectivity index (χ0n) is 9.36. The molecule has 0 unspecified atom stereocenters.